The lowest BCUT2D eigenvalue weighted by molar-refractivity contribution is 0.218. The molecule has 0 radical (unpaired) electrons. The second kappa shape index (κ2) is 9.15. The molecular formula is C14H25N3OS. The predicted octanol–water partition coefficient (Wildman–Crippen LogP) is 3.30. The van der Waals surface area contributed by atoms with E-state index in [0.29, 0.717) is 0 Å². The van der Waals surface area contributed by atoms with Crippen LogP contribution in [0.1, 0.15) is 38.1 Å². The van der Waals surface area contributed by atoms with Gasteiger partial charge in [-0.2, -0.15) is 0 Å². The SMILES string of the molecule is CCCNc1nc(CCC)nc(SCCOC)c1C. The minimum Gasteiger partial charge on any atom is -0.384 e. The maximum absolute atomic E-state index is 5.10. The van der Waals surface area contributed by atoms with Crippen molar-refractivity contribution in [3.63, 3.8) is 0 Å². The van der Waals surface area contributed by atoms with Gasteiger partial charge in [-0.05, 0) is 19.8 Å². The molecule has 0 bridgehead atoms. The number of thioether (sulfide) groups is 1. The molecule has 0 amide bonds. The Morgan fingerprint density at radius 3 is 2.63 bits per heavy atom. The van der Waals surface area contributed by atoms with Crippen LogP contribution < -0.4 is 5.32 Å². The molecule has 1 aromatic heterocycles. The lowest BCUT2D eigenvalue weighted by Crippen LogP contribution is -2.09. The van der Waals surface area contributed by atoms with Crippen molar-refractivity contribution in [2.45, 2.75) is 45.1 Å². The molecule has 5 heteroatoms. The summed E-state index contributed by atoms with van der Waals surface area (Å²) < 4.78 is 5.10. The average molecular weight is 283 g/mol. The number of nitrogens with one attached hydrogen (secondary N) is 1. The molecule has 0 aliphatic heterocycles. The summed E-state index contributed by atoms with van der Waals surface area (Å²) >= 11 is 1.74. The molecule has 0 aliphatic carbocycles. The number of aryl methyl sites for hydroxylation is 1. The number of aromatic nitrogens is 2. The van der Waals surface area contributed by atoms with E-state index in [9.17, 15) is 0 Å². The maximum Gasteiger partial charge on any atom is 0.133 e. The molecule has 1 heterocycles. The van der Waals surface area contributed by atoms with Crippen molar-refractivity contribution in [2.75, 3.05) is 31.3 Å². The lowest BCUT2D eigenvalue weighted by Gasteiger charge is -2.13. The Bertz CT molecular complexity index is 385. The van der Waals surface area contributed by atoms with E-state index in [2.05, 4.69) is 36.1 Å². The summed E-state index contributed by atoms with van der Waals surface area (Å²) in [4.78, 5) is 9.28. The van der Waals surface area contributed by atoms with E-state index in [1.807, 2.05) is 0 Å². The Kier molecular flexibility index (Phi) is 7.82. The highest BCUT2D eigenvalue weighted by molar-refractivity contribution is 7.99. The molecule has 108 valence electrons. The smallest absolute Gasteiger partial charge is 0.133 e. The van der Waals surface area contributed by atoms with Gasteiger partial charge in [0.1, 0.15) is 16.7 Å². The van der Waals surface area contributed by atoms with E-state index in [1.54, 1.807) is 18.9 Å². The molecule has 0 unspecified atom stereocenters. The van der Waals surface area contributed by atoms with Gasteiger partial charge in [-0.25, -0.2) is 9.97 Å². The van der Waals surface area contributed by atoms with Gasteiger partial charge in [-0.1, -0.05) is 13.8 Å². The zero-order valence-corrected chi connectivity index (χ0v) is 13.3. The van der Waals surface area contributed by atoms with Gasteiger partial charge in [0.2, 0.25) is 0 Å². The van der Waals surface area contributed by atoms with Crippen molar-refractivity contribution in [2.24, 2.45) is 0 Å². The summed E-state index contributed by atoms with van der Waals surface area (Å²) in [6.45, 7) is 8.09. The van der Waals surface area contributed by atoms with Crippen molar-refractivity contribution in [3.05, 3.63) is 11.4 Å². The quantitative estimate of drug-likeness (QED) is 0.428. The van der Waals surface area contributed by atoms with Crippen molar-refractivity contribution in [1.29, 1.82) is 0 Å². The van der Waals surface area contributed by atoms with Gasteiger partial charge >= 0.3 is 0 Å². The molecule has 0 aliphatic rings. The molecule has 0 fully saturated rings. The first-order chi connectivity index (χ1) is 9.22. The Morgan fingerprint density at radius 2 is 2.00 bits per heavy atom. The maximum atomic E-state index is 5.10. The third-order valence-electron chi connectivity index (χ3n) is 2.69. The Morgan fingerprint density at radius 1 is 1.21 bits per heavy atom. The Labute approximate surface area is 120 Å². The van der Waals surface area contributed by atoms with Crippen LogP contribution in [0.4, 0.5) is 5.82 Å². The van der Waals surface area contributed by atoms with Crippen molar-refractivity contribution < 1.29 is 4.74 Å². The van der Waals surface area contributed by atoms with Crippen LogP contribution in [0.25, 0.3) is 0 Å². The van der Waals surface area contributed by atoms with Gasteiger partial charge < -0.3 is 10.1 Å². The van der Waals surface area contributed by atoms with E-state index in [4.69, 9.17) is 4.74 Å². The van der Waals surface area contributed by atoms with Gasteiger partial charge in [0.15, 0.2) is 0 Å². The van der Waals surface area contributed by atoms with Crippen molar-refractivity contribution in [1.82, 2.24) is 9.97 Å². The van der Waals surface area contributed by atoms with E-state index in [0.717, 1.165) is 60.4 Å². The molecule has 0 aromatic carbocycles. The van der Waals surface area contributed by atoms with Crippen LogP contribution in [0.15, 0.2) is 5.03 Å². The summed E-state index contributed by atoms with van der Waals surface area (Å²) in [6, 6.07) is 0. The molecular weight excluding hydrogens is 258 g/mol. The lowest BCUT2D eigenvalue weighted by atomic mass is 10.3. The van der Waals surface area contributed by atoms with Gasteiger partial charge in [-0.3, -0.25) is 0 Å². The molecule has 0 spiro atoms. The topological polar surface area (TPSA) is 47.0 Å². The summed E-state index contributed by atoms with van der Waals surface area (Å²) in [7, 11) is 1.73. The number of rotatable bonds is 9. The zero-order valence-electron chi connectivity index (χ0n) is 12.5. The Balaban J connectivity index is 2.88. The number of nitrogens with zero attached hydrogens (tertiary/aromatic N) is 2. The van der Waals surface area contributed by atoms with Crippen LogP contribution in [0.5, 0.6) is 0 Å². The third kappa shape index (κ3) is 5.37. The third-order valence-corrected chi connectivity index (χ3v) is 3.73. The van der Waals surface area contributed by atoms with Gasteiger partial charge in [0, 0.05) is 31.4 Å². The molecule has 1 rings (SSSR count). The second-order valence-corrected chi connectivity index (χ2v) is 5.52. The van der Waals surface area contributed by atoms with Gasteiger partial charge in [0.25, 0.3) is 0 Å². The highest BCUT2D eigenvalue weighted by Gasteiger charge is 2.10. The molecule has 0 saturated heterocycles. The number of methoxy groups -OCH3 is 1. The van der Waals surface area contributed by atoms with E-state index >= 15 is 0 Å². The molecule has 1 aromatic rings. The first kappa shape index (κ1) is 16.2. The molecule has 0 saturated carbocycles. The summed E-state index contributed by atoms with van der Waals surface area (Å²) in [5, 5.41) is 4.47. The molecule has 1 N–H and O–H groups in total. The number of anilines is 1. The summed E-state index contributed by atoms with van der Waals surface area (Å²) in [6.07, 6.45) is 3.09. The van der Waals surface area contributed by atoms with Crippen LogP contribution in [-0.4, -0.2) is 36.0 Å². The summed E-state index contributed by atoms with van der Waals surface area (Å²) in [5.74, 6) is 2.85. The highest BCUT2D eigenvalue weighted by Crippen LogP contribution is 2.25. The first-order valence-corrected chi connectivity index (χ1v) is 7.94. The minimum atomic E-state index is 0.745. The number of ether oxygens (including phenoxy) is 1. The average Bonchev–Trinajstić information content (AvgIpc) is 2.41. The Hall–Kier alpha value is -0.810. The van der Waals surface area contributed by atoms with Crippen molar-refractivity contribution in [3.8, 4) is 0 Å². The first-order valence-electron chi connectivity index (χ1n) is 6.96. The largest absolute Gasteiger partial charge is 0.384 e. The van der Waals surface area contributed by atoms with Gasteiger partial charge in [-0.15, -0.1) is 11.8 Å². The van der Waals surface area contributed by atoms with Crippen LogP contribution in [-0.2, 0) is 11.2 Å². The monoisotopic (exact) mass is 283 g/mol. The molecule has 0 atom stereocenters. The van der Waals surface area contributed by atoms with Crippen LogP contribution in [0.3, 0.4) is 0 Å². The van der Waals surface area contributed by atoms with E-state index in [1.165, 1.54) is 0 Å². The van der Waals surface area contributed by atoms with Crippen LogP contribution in [0, 0.1) is 6.92 Å². The van der Waals surface area contributed by atoms with E-state index < -0.39 is 0 Å². The zero-order chi connectivity index (χ0) is 14.1. The van der Waals surface area contributed by atoms with Crippen molar-refractivity contribution >= 4 is 17.6 Å². The number of hydrogen-bond donors (Lipinski definition) is 1. The fourth-order valence-corrected chi connectivity index (χ4v) is 2.58. The predicted molar refractivity (Wildman–Crippen MR) is 82.1 cm³/mol. The normalized spacial score (nSPS) is 10.7. The number of hydrogen-bond acceptors (Lipinski definition) is 5. The second-order valence-electron chi connectivity index (χ2n) is 4.44. The molecule has 4 nitrogen and oxygen atoms in total. The highest BCUT2D eigenvalue weighted by atomic mass is 32.2. The fraction of sp³-hybridized carbons (Fsp3) is 0.714. The van der Waals surface area contributed by atoms with E-state index in [-0.39, 0.29) is 0 Å². The molecule has 19 heavy (non-hydrogen) atoms. The summed E-state index contributed by atoms with van der Waals surface area (Å²) in [5.41, 5.74) is 1.15. The fourth-order valence-electron chi connectivity index (χ4n) is 1.65. The standard InChI is InChI=1S/C14H25N3OS/c1-5-7-12-16-13(15-8-6-2)11(3)14(17-12)19-10-9-18-4/h5-10H2,1-4H3,(H,15,16,17). The minimum absolute atomic E-state index is 0.745. The van der Waals surface area contributed by atoms with Crippen LogP contribution in [0.2, 0.25) is 0 Å². The van der Waals surface area contributed by atoms with Gasteiger partial charge in [0.05, 0.1) is 6.61 Å². The van der Waals surface area contributed by atoms with Crippen LogP contribution >= 0.6 is 11.8 Å².